The Hall–Kier alpha value is -2.35. The zero-order valence-electron chi connectivity index (χ0n) is 16.3. The molecule has 1 aromatic heterocycles. The van der Waals surface area contributed by atoms with Crippen molar-refractivity contribution < 1.29 is 35.5 Å². The van der Waals surface area contributed by atoms with Crippen molar-refractivity contribution in [2.75, 3.05) is 18.6 Å². The monoisotopic (exact) mass is 491 g/mol. The van der Waals surface area contributed by atoms with E-state index in [4.69, 9.17) is 14.6 Å². The molecule has 0 spiro atoms. The van der Waals surface area contributed by atoms with Gasteiger partial charge in [-0.25, -0.2) is 0 Å². The molecule has 0 aliphatic carbocycles. The molecular weight excluding hydrogens is 467 g/mol. The van der Waals surface area contributed by atoms with E-state index in [2.05, 4.69) is 35.3 Å². The molecule has 0 N–H and O–H groups in total. The van der Waals surface area contributed by atoms with Gasteiger partial charge in [-0.05, 0) is 6.92 Å². The van der Waals surface area contributed by atoms with Crippen LogP contribution >= 0.6 is 0 Å². The van der Waals surface area contributed by atoms with Gasteiger partial charge >= 0.3 is 169 Å². The maximum atomic E-state index is 11.7. The summed E-state index contributed by atoms with van der Waals surface area (Å²) < 4.78 is 13.6. The number of carbonyl (C=O) groups excluding carboxylic acids is 1. The van der Waals surface area contributed by atoms with Crippen molar-refractivity contribution in [1.82, 2.24) is 9.78 Å². The number of rotatable bonds is 8. The number of hydrogen-bond acceptors (Lipinski definition) is 4. The number of halogens is 1. The molecule has 2 aromatic carbocycles. The molecule has 0 saturated carbocycles. The quantitative estimate of drug-likeness (QED) is 0.268. The van der Waals surface area contributed by atoms with Crippen molar-refractivity contribution in [1.29, 1.82) is 0 Å². The van der Waals surface area contributed by atoms with Crippen LogP contribution in [0.1, 0.15) is 19.0 Å². The Morgan fingerprint density at radius 1 is 1.11 bits per heavy atom. The molecule has 0 fully saturated rings. The second-order valence-corrected chi connectivity index (χ2v) is 8.46. The Bertz CT molecular complexity index is 853. The fraction of sp³-hybridized carbons (Fsp3) is 0.273. The third-order valence-electron chi connectivity index (χ3n) is 4.33. The average molecular weight is 491 g/mol. The summed E-state index contributed by atoms with van der Waals surface area (Å²) in [6, 6.07) is 18.5. The first kappa shape index (κ1) is 20.4. The van der Waals surface area contributed by atoms with Crippen LogP contribution in [0.2, 0.25) is 0 Å². The Morgan fingerprint density at radius 2 is 1.82 bits per heavy atom. The fourth-order valence-corrected chi connectivity index (χ4v) is 3.97. The van der Waals surface area contributed by atoms with Crippen LogP contribution in [-0.4, -0.2) is 34.4 Å². The number of alkyl halides is 1. The minimum atomic E-state index is -0.195. The van der Waals surface area contributed by atoms with Crippen molar-refractivity contribution >= 4 is 5.97 Å². The van der Waals surface area contributed by atoms with E-state index in [0.717, 1.165) is 28.4 Å². The van der Waals surface area contributed by atoms with E-state index in [1.807, 2.05) is 35.9 Å². The van der Waals surface area contributed by atoms with Crippen molar-refractivity contribution in [2.24, 2.45) is 0 Å². The Labute approximate surface area is 175 Å². The van der Waals surface area contributed by atoms with E-state index >= 15 is 0 Å². The van der Waals surface area contributed by atoms with Gasteiger partial charge in [0.15, 0.2) is 0 Å². The molecule has 0 bridgehead atoms. The van der Waals surface area contributed by atoms with Gasteiger partial charge in [0.1, 0.15) is 0 Å². The van der Waals surface area contributed by atoms with Gasteiger partial charge in [-0.3, -0.25) is 0 Å². The third kappa shape index (κ3) is 4.92. The van der Waals surface area contributed by atoms with Crippen molar-refractivity contribution in [3.05, 3.63) is 63.9 Å². The second-order valence-electron chi connectivity index (χ2n) is 6.13. The summed E-state index contributed by atoms with van der Waals surface area (Å²) >= 11 is 0.0682. The first-order valence-corrected chi connectivity index (χ1v) is 12.4. The molecule has 148 valence electrons. The van der Waals surface area contributed by atoms with E-state index in [0.29, 0.717) is 19.4 Å². The van der Waals surface area contributed by atoms with E-state index in [9.17, 15) is 4.79 Å². The molecule has 3 aromatic rings. The second kappa shape index (κ2) is 9.73. The van der Waals surface area contributed by atoms with Gasteiger partial charge in [0.25, 0.3) is 0 Å². The molecule has 0 amide bonds. The number of carbonyl (C=O) groups is 1. The summed E-state index contributed by atoms with van der Waals surface area (Å²) in [6.45, 7) is 2.22. The van der Waals surface area contributed by atoms with Gasteiger partial charge in [0, 0.05) is 0 Å². The molecule has 6 heteroatoms. The standard InChI is InChI=1S/C22H24IN2O3/c1-4-28-22(26)14-9-18-15-21(16-5-7-17(23-2)8-6-16)25(24-18)19-10-12-20(27-3)13-11-19/h5-8,10-13,15H,4,9,14H2,1-3H3/q-1. The number of aryl methyl sites for hydroxylation is 1. The van der Waals surface area contributed by atoms with Crippen LogP contribution in [0.25, 0.3) is 16.9 Å². The van der Waals surface area contributed by atoms with Gasteiger partial charge in [0.2, 0.25) is 0 Å². The molecule has 0 aliphatic heterocycles. The maximum absolute atomic E-state index is 11.7. The van der Waals surface area contributed by atoms with Gasteiger partial charge in [-0.2, -0.15) is 0 Å². The van der Waals surface area contributed by atoms with Crippen molar-refractivity contribution in [3.8, 4) is 22.7 Å². The van der Waals surface area contributed by atoms with E-state index in [-0.39, 0.29) is 27.2 Å². The van der Waals surface area contributed by atoms with Crippen LogP contribution in [0.3, 0.4) is 0 Å². The summed E-state index contributed by atoms with van der Waals surface area (Å²) in [4.78, 5) is 14.0. The van der Waals surface area contributed by atoms with Crippen molar-refractivity contribution in [2.45, 2.75) is 19.8 Å². The molecule has 0 radical (unpaired) electrons. The summed E-state index contributed by atoms with van der Waals surface area (Å²) in [5.74, 6) is 0.607. The molecule has 0 atom stereocenters. The Balaban J connectivity index is 1.95. The molecule has 0 aliphatic rings. The Kier molecular flexibility index (Phi) is 7.08. The van der Waals surface area contributed by atoms with E-state index in [1.165, 1.54) is 3.57 Å². The number of nitrogens with zero attached hydrogens (tertiary/aromatic N) is 2. The summed E-state index contributed by atoms with van der Waals surface area (Å²) in [5.41, 5.74) is 3.92. The summed E-state index contributed by atoms with van der Waals surface area (Å²) in [5, 5.41) is 4.76. The normalized spacial score (nSPS) is 10.8. The summed E-state index contributed by atoms with van der Waals surface area (Å²) in [7, 11) is 1.65. The number of aromatic nitrogens is 2. The predicted octanol–water partition coefficient (Wildman–Crippen LogP) is 0.932. The Morgan fingerprint density at radius 3 is 2.43 bits per heavy atom. The zero-order valence-corrected chi connectivity index (χ0v) is 18.5. The SMILES string of the molecule is CCOC(=O)CCc1cc(-c2ccc([I-]C)cc2)n(-c2ccc(OC)cc2)n1. The molecule has 3 rings (SSSR count). The molecule has 1 heterocycles. The van der Waals surface area contributed by atoms with E-state index < -0.39 is 0 Å². The molecular formula is C22H24IN2O3-. The molecule has 28 heavy (non-hydrogen) atoms. The number of benzene rings is 2. The van der Waals surface area contributed by atoms with Crippen LogP contribution in [0.15, 0.2) is 54.6 Å². The molecule has 0 saturated heterocycles. The number of esters is 1. The molecule has 0 unspecified atom stereocenters. The topological polar surface area (TPSA) is 53.4 Å². The van der Waals surface area contributed by atoms with E-state index in [1.54, 1.807) is 7.11 Å². The van der Waals surface area contributed by atoms with Gasteiger partial charge < -0.3 is 0 Å². The predicted molar refractivity (Wildman–Crippen MR) is 105 cm³/mol. The third-order valence-corrected chi connectivity index (χ3v) is 6.29. The van der Waals surface area contributed by atoms with Gasteiger partial charge in [-0.15, -0.1) is 0 Å². The fourth-order valence-electron chi connectivity index (χ4n) is 2.89. The van der Waals surface area contributed by atoms with Crippen LogP contribution < -0.4 is 25.9 Å². The zero-order chi connectivity index (χ0) is 19.9. The first-order chi connectivity index (χ1) is 13.6. The number of methoxy groups -OCH3 is 1. The van der Waals surface area contributed by atoms with Crippen LogP contribution in [-0.2, 0) is 16.0 Å². The summed E-state index contributed by atoms with van der Waals surface area (Å²) in [6.07, 6.45) is 0.875. The number of hydrogen-bond donors (Lipinski definition) is 0. The van der Waals surface area contributed by atoms with Gasteiger partial charge in [-0.1, -0.05) is 0 Å². The average Bonchev–Trinajstić information content (AvgIpc) is 3.17. The van der Waals surface area contributed by atoms with Crippen molar-refractivity contribution in [3.63, 3.8) is 0 Å². The van der Waals surface area contributed by atoms with Crippen LogP contribution in [0, 0.1) is 3.57 Å². The van der Waals surface area contributed by atoms with Crippen LogP contribution in [0.5, 0.6) is 5.75 Å². The van der Waals surface area contributed by atoms with Gasteiger partial charge in [0.05, 0.1) is 0 Å². The minimum absolute atomic E-state index is 0.0682. The number of ether oxygens (including phenoxy) is 2. The first-order valence-electron chi connectivity index (χ1n) is 9.13. The molecule has 5 nitrogen and oxygen atoms in total. The van der Waals surface area contributed by atoms with Crippen LogP contribution in [0.4, 0.5) is 0 Å².